The molecule has 0 atom stereocenters. The topological polar surface area (TPSA) is 91.2 Å². The van der Waals surface area contributed by atoms with Gasteiger partial charge in [0.15, 0.2) is 0 Å². The molecule has 1 amide bonds. The van der Waals surface area contributed by atoms with Crippen LogP contribution in [0.5, 0.6) is 11.6 Å². The van der Waals surface area contributed by atoms with E-state index in [4.69, 9.17) is 16.2 Å². The van der Waals surface area contributed by atoms with Crippen LogP contribution < -0.4 is 16.2 Å². The van der Waals surface area contributed by atoms with E-state index in [1.807, 2.05) is 24.3 Å². The van der Waals surface area contributed by atoms with Gasteiger partial charge in [0.1, 0.15) is 11.4 Å². The molecule has 2 rings (SSSR count). The first-order valence-corrected chi connectivity index (χ1v) is 6.62. The molecule has 4 N–H and O–H groups in total. The molecule has 5 heteroatoms. The van der Waals surface area contributed by atoms with Crippen LogP contribution in [0.3, 0.4) is 0 Å². The molecule has 0 aliphatic rings. The van der Waals surface area contributed by atoms with E-state index in [2.05, 4.69) is 25.8 Å². The van der Waals surface area contributed by atoms with E-state index in [-0.39, 0.29) is 17.0 Å². The molecule has 0 radical (unpaired) electrons. The molecule has 0 spiro atoms. The molecule has 1 aromatic carbocycles. The number of pyridine rings is 1. The van der Waals surface area contributed by atoms with Crippen LogP contribution in [0.25, 0.3) is 0 Å². The van der Waals surface area contributed by atoms with Crippen LogP contribution >= 0.6 is 0 Å². The smallest absolute Gasteiger partial charge is 0.267 e. The Balaban J connectivity index is 2.44. The van der Waals surface area contributed by atoms with E-state index in [1.165, 1.54) is 6.07 Å². The van der Waals surface area contributed by atoms with Crippen molar-refractivity contribution >= 4 is 11.6 Å². The number of primary amides is 1. The minimum atomic E-state index is -0.621. The number of hydrogen-bond acceptors (Lipinski definition) is 4. The number of ether oxygens (including phenoxy) is 1. The van der Waals surface area contributed by atoms with Crippen LogP contribution in [-0.4, -0.2) is 10.9 Å². The standard InChI is InChI=1S/C16H19N3O2/c1-16(2,3)10-6-4-5-7-13(10)21-15-11(17)8-9-12(19-15)14(18)20/h4-9H,17H2,1-3H3,(H2,18,20). The molecule has 0 fully saturated rings. The molecule has 0 bridgehead atoms. The van der Waals surface area contributed by atoms with E-state index in [9.17, 15) is 4.79 Å². The van der Waals surface area contributed by atoms with Gasteiger partial charge in [-0.05, 0) is 23.6 Å². The second-order valence-corrected chi connectivity index (χ2v) is 5.80. The highest BCUT2D eigenvalue weighted by Crippen LogP contribution is 2.34. The van der Waals surface area contributed by atoms with Crippen molar-refractivity contribution in [2.24, 2.45) is 5.73 Å². The van der Waals surface area contributed by atoms with Crippen molar-refractivity contribution in [1.29, 1.82) is 0 Å². The lowest BCUT2D eigenvalue weighted by atomic mass is 9.86. The second kappa shape index (κ2) is 5.44. The Morgan fingerprint density at radius 3 is 2.43 bits per heavy atom. The molecule has 2 aromatic rings. The van der Waals surface area contributed by atoms with E-state index in [0.717, 1.165) is 5.56 Å². The predicted octanol–water partition coefficient (Wildman–Crippen LogP) is 2.85. The number of benzene rings is 1. The average molecular weight is 285 g/mol. The van der Waals surface area contributed by atoms with Gasteiger partial charge in [0, 0.05) is 5.56 Å². The van der Waals surface area contributed by atoms with Crippen LogP contribution in [0.1, 0.15) is 36.8 Å². The number of carbonyl (C=O) groups is 1. The normalized spacial score (nSPS) is 11.2. The number of aromatic nitrogens is 1. The van der Waals surface area contributed by atoms with Gasteiger partial charge in [-0.3, -0.25) is 4.79 Å². The van der Waals surface area contributed by atoms with Gasteiger partial charge in [-0.15, -0.1) is 0 Å². The zero-order valence-corrected chi connectivity index (χ0v) is 12.4. The minimum absolute atomic E-state index is 0.0906. The van der Waals surface area contributed by atoms with Crippen molar-refractivity contribution in [1.82, 2.24) is 4.98 Å². The first-order valence-electron chi connectivity index (χ1n) is 6.62. The fraction of sp³-hybridized carbons (Fsp3) is 0.250. The first-order chi connectivity index (χ1) is 9.79. The SMILES string of the molecule is CC(C)(C)c1ccccc1Oc1nc(C(N)=O)ccc1N. The van der Waals surface area contributed by atoms with E-state index in [1.54, 1.807) is 6.07 Å². The van der Waals surface area contributed by atoms with Gasteiger partial charge in [0.05, 0.1) is 5.69 Å². The third kappa shape index (κ3) is 3.31. The van der Waals surface area contributed by atoms with E-state index >= 15 is 0 Å². The number of amides is 1. The Kier molecular flexibility index (Phi) is 3.84. The van der Waals surface area contributed by atoms with Crippen molar-refractivity contribution in [2.75, 3.05) is 5.73 Å². The summed E-state index contributed by atoms with van der Waals surface area (Å²) in [5.74, 6) is 0.220. The molecule has 1 heterocycles. The van der Waals surface area contributed by atoms with Gasteiger partial charge in [0.25, 0.3) is 5.91 Å². The summed E-state index contributed by atoms with van der Waals surface area (Å²) in [5, 5.41) is 0. The van der Waals surface area contributed by atoms with E-state index < -0.39 is 5.91 Å². The fourth-order valence-corrected chi connectivity index (χ4v) is 1.95. The lowest BCUT2D eigenvalue weighted by molar-refractivity contribution is 0.0995. The van der Waals surface area contributed by atoms with Crippen molar-refractivity contribution < 1.29 is 9.53 Å². The van der Waals surface area contributed by atoms with Crippen molar-refractivity contribution in [3.63, 3.8) is 0 Å². The Bertz CT molecular complexity index is 675. The predicted molar refractivity (Wildman–Crippen MR) is 82.4 cm³/mol. The molecule has 0 unspecified atom stereocenters. The second-order valence-electron chi connectivity index (χ2n) is 5.80. The van der Waals surface area contributed by atoms with Crippen molar-refractivity contribution in [2.45, 2.75) is 26.2 Å². The average Bonchev–Trinajstić information content (AvgIpc) is 2.40. The minimum Gasteiger partial charge on any atom is -0.437 e. The molecule has 1 aromatic heterocycles. The monoisotopic (exact) mass is 285 g/mol. The molecule has 21 heavy (non-hydrogen) atoms. The molecule has 110 valence electrons. The summed E-state index contributed by atoms with van der Waals surface area (Å²) in [6.45, 7) is 6.27. The number of para-hydroxylation sites is 1. The van der Waals surface area contributed by atoms with Gasteiger partial charge in [0.2, 0.25) is 5.88 Å². The molecule has 0 saturated carbocycles. The van der Waals surface area contributed by atoms with Gasteiger partial charge in [-0.25, -0.2) is 4.98 Å². The summed E-state index contributed by atoms with van der Waals surface area (Å²) in [5.41, 5.74) is 12.5. The Labute approximate surface area is 123 Å². The van der Waals surface area contributed by atoms with Gasteiger partial charge >= 0.3 is 0 Å². The van der Waals surface area contributed by atoms with Crippen molar-refractivity contribution in [3.8, 4) is 11.6 Å². The Morgan fingerprint density at radius 1 is 1.14 bits per heavy atom. The maximum absolute atomic E-state index is 11.2. The number of hydrogen-bond donors (Lipinski definition) is 2. The number of nitrogens with two attached hydrogens (primary N) is 2. The number of carbonyl (C=O) groups excluding carboxylic acids is 1. The summed E-state index contributed by atoms with van der Waals surface area (Å²) < 4.78 is 5.81. The zero-order chi connectivity index (χ0) is 15.6. The maximum Gasteiger partial charge on any atom is 0.267 e. The molecule has 0 saturated heterocycles. The lowest BCUT2D eigenvalue weighted by Crippen LogP contribution is -2.15. The fourth-order valence-electron chi connectivity index (χ4n) is 1.95. The molecular formula is C16H19N3O2. The summed E-state index contributed by atoms with van der Waals surface area (Å²) >= 11 is 0. The zero-order valence-electron chi connectivity index (χ0n) is 12.4. The number of nitrogens with zero attached hydrogens (tertiary/aromatic N) is 1. The molecule has 5 nitrogen and oxygen atoms in total. The summed E-state index contributed by atoms with van der Waals surface area (Å²) in [4.78, 5) is 15.3. The lowest BCUT2D eigenvalue weighted by Gasteiger charge is -2.22. The van der Waals surface area contributed by atoms with Gasteiger partial charge in [-0.1, -0.05) is 39.0 Å². The molecule has 0 aliphatic heterocycles. The highest BCUT2D eigenvalue weighted by molar-refractivity contribution is 5.91. The van der Waals surface area contributed by atoms with Crippen LogP contribution in [0, 0.1) is 0 Å². The van der Waals surface area contributed by atoms with Crippen LogP contribution in [0.4, 0.5) is 5.69 Å². The summed E-state index contributed by atoms with van der Waals surface area (Å²) in [6, 6.07) is 10.7. The highest BCUT2D eigenvalue weighted by atomic mass is 16.5. The Morgan fingerprint density at radius 2 is 1.81 bits per heavy atom. The Hall–Kier alpha value is -2.56. The van der Waals surface area contributed by atoms with Gasteiger partial charge in [-0.2, -0.15) is 0 Å². The summed E-state index contributed by atoms with van der Waals surface area (Å²) in [6.07, 6.45) is 0. The third-order valence-corrected chi connectivity index (χ3v) is 3.04. The largest absolute Gasteiger partial charge is 0.437 e. The summed E-state index contributed by atoms with van der Waals surface area (Å²) in [7, 11) is 0. The van der Waals surface area contributed by atoms with Crippen LogP contribution in [-0.2, 0) is 5.41 Å². The number of anilines is 1. The first kappa shape index (κ1) is 14.8. The third-order valence-electron chi connectivity index (χ3n) is 3.04. The van der Waals surface area contributed by atoms with E-state index in [0.29, 0.717) is 11.4 Å². The van der Waals surface area contributed by atoms with Crippen molar-refractivity contribution in [3.05, 3.63) is 47.7 Å². The number of rotatable bonds is 3. The molecule has 0 aliphatic carbocycles. The quantitative estimate of drug-likeness (QED) is 0.907. The van der Waals surface area contributed by atoms with Crippen LogP contribution in [0.15, 0.2) is 36.4 Å². The molecular weight excluding hydrogens is 266 g/mol. The number of nitrogen functional groups attached to an aromatic ring is 1. The van der Waals surface area contributed by atoms with Crippen LogP contribution in [0.2, 0.25) is 0 Å². The highest BCUT2D eigenvalue weighted by Gasteiger charge is 2.20. The maximum atomic E-state index is 11.2. The van der Waals surface area contributed by atoms with Gasteiger partial charge < -0.3 is 16.2 Å².